The number of hydrogen-bond donors (Lipinski definition) is 0. The second-order valence-electron chi connectivity index (χ2n) is 7.51. The van der Waals surface area contributed by atoms with Gasteiger partial charge in [0.2, 0.25) is 12.7 Å². The summed E-state index contributed by atoms with van der Waals surface area (Å²) in [4.78, 5) is 21.1. The SMILES string of the molecule is Cc1oc(-c2cccs2)nc1CN1CCC[C@H](C(=O)c2ccc3c(c2)OCO3)C1. The van der Waals surface area contributed by atoms with Crippen LogP contribution in [-0.2, 0) is 6.54 Å². The van der Waals surface area contributed by atoms with Crippen LogP contribution in [0, 0.1) is 12.8 Å². The number of ketones is 1. The highest BCUT2D eigenvalue weighted by Crippen LogP contribution is 2.34. The van der Waals surface area contributed by atoms with Gasteiger partial charge in [-0.3, -0.25) is 9.69 Å². The zero-order valence-electron chi connectivity index (χ0n) is 16.2. The Hall–Kier alpha value is -2.64. The number of oxazole rings is 1. The van der Waals surface area contributed by atoms with E-state index in [1.807, 2.05) is 36.6 Å². The van der Waals surface area contributed by atoms with Gasteiger partial charge >= 0.3 is 0 Å². The van der Waals surface area contributed by atoms with E-state index in [-0.39, 0.29) is 18.5 Å². The molecule has 0 radical (unpaired) electrons. The molecule has 0 bridgehead atoms. The number of carbonyl (C=O) groups excluding carboxylic acids is 1. The van der Waals surface area contributed by atoms with Gasteiger partial charge in [0.1, 0.15) is 5.76 Å². The summed E-state index contributed by atoms with van der Waals surface area (Å²) in [5, 5.41) is 2.02. The van der Waals surface area contributed by atoms with Crippen molar-refractivity contribution in [1.29, 1.82) is 0 Å². The molecule has 0 aliphatic carbocycles. The van der Waals surface area contributed by atoms with Gasteiger partial charge in [-0.1, -0.05) is 6.07 Å². The Morgan fingerprint density at radius 2 is 2.17 bits per heavy atom. The van der Waals surface area contributed by atoms with Crippen LogP contribution in [0.3, 0.4) is 0 Å². The summed E-state index contributed by atoms with van der Waals surface area (Å²) in [6, 6.07) is 9.47. The van der Waals surface area contributed by atoms with Crippen LogP contribution >= 0.6 is 11.3 Å². The Bertz CT molecular complexity index is 1030. The van der Waals surface area contributed by atoms with Gasteiger partial charge < -0.3 is 13.9 Å². The molecular weight excluding hydrogens is 388 g/mol. The molecule has 0 N–H and O–H groups in total. The molecule has 29 heavy (non-hydrogen) atoms. The molecule has 2 aliphatic rings. The van der Waals surface area contributed by atoms with Crippen molar-refractivity contribution in [3.05, 3.63) is 52.7 Å². The third-order valence-electron chi connectivity index (χ3n) is 5.53. The van der Waals surface area contributed by atoms with Gasteiger partial charge in [0.05, 0.1) is 10.6 Å². The molecule has 6 nitrogen and oxygen atoms in total. The van der Waals surface area contributed by atoms with Gasteiger partial charge in [-0.25, -0.2) is 4.98 Å². The van der Waals surface area contributed by atoms with E-state index in [0.29, 0.717) is 29.5 Å². The minimum atomic E-state index is -0.0203. The van der Waals surface area contributed by atoms with Crippen molar-refractivity contribution in [2.45, 2.75) is 26.3 Å². The summed E-state index contributed by atoms with van der Waals surface area (Å²) in [5.41, 5.74) is 1.64. The summed E-state index contributed by atoms with van der Waals surface area (Å²) in [6.07, 6.45) is 1.90. The van der Waals surface area contributed by atoms with Crippen LogP contribution in [0.4, 0.5) is 0 Å². The topological polar surface area (TPSA) is 64.8 Å². The molecule has 3 aromatic rings. The van der Waals surface area contributed by atoms with E-state index in [2.05, 4.69) is 4.90 Å². The summed E-state index contributed by atoms with van der Waals surface area (Å²) in [6.45, 7) is 4.57. The summed E-state index contributed by atoms with van der Waals surface area (Å²) < 4.78 is 16.6. The number of nitrogens with zero attached hydrogens (tertiary/aromatic N) is 2. The van der Waals surface area contributed by atoms with E-state index in [0.717, 1.165) is 42.3 Å². The first kappa shape index (κ1) is 18.4. The molecule has 0 saturated carbocycles. The molecule has 2 aliphatic heterocycles. The fraction of sp³-hybridized carbons (Fsp3) is 0.364. The van der Waals surface area contributed by atoms with Crippen LogP contribution in [-0.4, -0.2) is 35.5 Å². The van der Waals surface area contributed by atoms with Crippen LogP contribution in [0.15, 0.2) is 40.1 Å². The number of benzene rings is 1. The number of rotatable bonds is 5. The molecule has 1 saturated heterocycles. The average Bonchev–Trinajstić information content (AvgIpc) is 3.48. The molecule has 0 amide bonds. The first-order valence-corrected chi connectivity index (χ1v) is 10.7. The Morgan fingerprint density at radius 3 is 3.03 bits per heavy atom. The molecule has 0 spiro atoms. The number of hydrogen-bond acceptors (Lipinski definition) is 7. The summed E-state index contributed by atoms with van der Waals surface area (Å²) in [7, 11) is 0. The van der Waals surface area contributed by atoms with Gasteiger partial charge in [0.25, 0.3) is 0 Å². The van der Waals surface area contributed by atoms with Gasteiger partial charge in [-0.2, -0.15) is 0 Å². The highest BCUT2D eigenvalue weighted by atomic mass is 32.1. The van der Waals surface area contributed by atoms with Crippen molar-refractivity contribution >= 4 is 17.1 Å². The molecule has 5 rings (SSSR count). The van der Waals surface area contributed by atoms with Crippen molar-refractivity contribution in [3.63, 3.8) is 0 Å². The van der Waals surface area contributed by atoms with Crippen LogP contribution in [0.5, 0.6) is 11.5 Å². The Kier molecular flexibility index (Phi) is 4.85. The second kappa shape index (κ2) is 7.65. The summed E-state index contributed by atoms with van der Waals surface area (Å²) in [5.74, 6) is 3.03. The van der Waals surface area contributed by atoms with Gasteiger partial charge in [-0.05, 0) is 56.0 Å². The molecule has 1 fully saturated rings. The lowest BCUT2D eigenvalue weighted by Gasteiger charge is -2.31. The predicted octanol–water partition coefficient (Wildman–Crippen LogP) is 4.54. The van der Waals surface area contributed by atoms with Gasteiger partial charge in [0.15, 0.2) is 17.3 Å². The fourth-order valence-corrected chi connectivity index (χ4v) is 4.64. The number of aromatic nitrogens is 1. The maximum absolute atomic E-state index is 13.1. The number of thiophene rings is 1. The molecule has 7 heteroatoms. The summed E-state index contributed by atoms with van der Waals surface area (Å²) >= 11 is 1.62. The lowest BCUT2D eigenvalue weighted by Crippen LogP contribution is -2.38. The maximum Gasteiger partial charge on any atom is 0.236 e. The third kappa shape index (κ3) is 3.68. The number of carbonyl (C=O) groups is 1. The first-order valence-electron chi connectivity index (χ1n) is 9.84. The van der Waals surface area contributed by atoms with Crippen LogP contribution in [0.2, 0.25) is 0 Å². The lowest BCUT2D eigenvalue weighted by atomic mass is 9.89. The van der Waals surface area contributed by atoms with E-state index in [1.54, 1.807) is 17.4 Å². The quantitative estimate of drug-likeness (QED) is 0.576. The van der Waals surface area contributed by atoms with Crippen LogP contribution in [0.1, 0.15) is 34.7 Å². The second-order valence-corrected chi connectivity index (χ2v) is 8.45. The first-order chi connectivity index (χ1) is 14.2. The van der Waals surface area contributed by atoms with Crippen molar-refractivity contribution in [3.8, 4) is 22.3 Å². The van der Waals surface area contributed by atoms with Crippen molar-refractivity contribution < 1.29 is 18.7 Å². The van der Waals surface area contributed by atoms with Crippen LogP contribution < -0.4 is 9.47 Å². The third-order valence-corrected chi connectivity index (χ3v) is 6.39. The fourth-order valence-electron chi connectivity index (χ4n) is 3.99. The highest BCUT2D eigenvalue weighted by Gasteiger charge is 2.28. The maximum atomic E-state index is 13.1. The van der Waals surface area contributed by atoms with Gasteiger partial charge in [-0.15, -0.1) is 11.3 Å². The van der Waals surface area contributed by atoms with E-state index in [4.69, 9.17) is 18.9 Å². The van der Waals surface area contributed by atoms with Crippen molar-refractivity contribution in [1.82, 2.24) is 9.88 Å². The monoisotopic (exact) mass is 410 g/mol. The Morgan fingerprint density at radius 1 is 1.28 bits per heavy atom. The molecule has 4 heterocycles. The molecule has 150 valence electrons. The standard InChI is InChI=1S/C22H22N2O4S/c1-14-17(23-22(28-14)20-5-3-9-29-20)12-24-8-2-4-16(11-24)21(25)15-6-7-18-19(10-15)27-13-26-18/h3,5-7,9-10,16H,2,4,8,11-13H2,1H3/t16-/m0/s1. The Balaban J connectivity index is 1.28. The van der Waals surface area contributed by atoms with Crippen LogP contribution in [0.25, 0.3) is 10.8 Å². The van der Waals surface area contributed by atoms with Crippen molar-refractivity contribution in [2.75, 3.05) is 19.9 Å². The zero-order chi connectivity index (χ0) is 19.8. The van der Waals surface area contributed by atoms with Crippen molar-refractivity contribution in [2.24, 2.45) is 5.92 Å². The highest BCUT2D eigenvalue weighted by molar-refractivity contribution is 7.13. The number of likely N-dealkylation sites (tertiary alicyclic amines) is 1. The minimum absolute atomic E-state index is 0.0203. The minimum Gasteiger partial charge on any atom is -0.454 e. The number of fused-ring (bicyclic) bond motifs is 1. The van der Waals surface area contributed by atoms with E-state index >= 15 is 0 Å². The normalized spacial score (nSPS) is 18.9. The van der Waals surface area contributed by atoms with E-state index < -0.39 is 0 Å². The number of aryl methyl sites for hydroxylation is 1. The lowest BCUT2D eigenvalue weighted by molar-refractivity contribution is 0.0809. The number of ether oxygens (including phenoxy) is 2. The predicted molar refractivity (Wildman–Crippen MR) is 109 cm³/mol. The molecule has 1 atom stereocenters. The molecular formula is C22H22N2O4S. The average molecular weight is 410 g/mol. The molecule has 0 unspecified atom stereocenters. The zero-order valence-corrected chi connectivity index (χ0v) is 17.0. The smallest absolute Gasteiger partial charge is 0.236 e. The number of piperidine rings is 1. The van der Waals surface area contributed by atoms with Gasteiger partial charge in [0, 0.05) is 24.6 Å². The Labute approximate surface area is 173 Å². The number of Topliss-reactive ketones (excluding diaryl/α,β-unsaturated/α-hetero) is 1. The van der Waals surface area contributed by atoms with E-state index in [1.165, 1.54) is 0 Å². The molecule has 1 aromatic carbocycles. The molecule has 2 aromatic heterocycles. The largest absolute Gasteiger partial charge is 0.454 e. The van der Waals surface area contributed by atoms with E-state index in [9.17, 15) is 4.79 Å².